The summed E-state index contributed by atoms with van der Waals surface area (Å²) in [4.78, 5) is 4.14. The summed E-state index contributed by atoms with van der Waals surface area (Å²) < 4.78 is 2.70. The second kappa shape index (κ2) is 2.86. The molecule has 0 amide bonds. The van der Waals surface area contributed by atoms with Crippen molar-refractivity contribution in [3.8, 4) is 6.07 Å². The van der Waals surface area contributed by atoms with Gasteiger partial charge in [0.2, 0.25) is 0 Å². The molecular weight excluding hydrogens is 230 g/mol. The maximum Gasteiger partial charge on any atom is 0.155 e. The van der Waals surface area contributed by atoms with Crippen molar-refractivity contribution in [2.24, 2.45) is 0 Å². The SMILES string of the molecule is Cc1ccn2c(Br)cnc2c1C#N. The molecule has 0 N–H and O–H groups in total. The zero-order valence-electron chi connectivity index (χ0n) is 6.95. The van der Waals surface area contributed by atoms with Crippen molar-refractivity contribution in [1.82, 2.24) is 9.38 Å². The molecule has 0 saturated heterocycles. The van der Waals surface area contributed by atoms with Gasteiger partial charge in [-0.3, -0.25) is 4.40 Å². The van der Waals surface area contributed by atoms with E-state index in [1.165, 1.54) is 0 Å². The second-order valence-corrected chi connectivity index (χ2v) is 3.57. The molecule has 2 aromatic heterocycles. The lowest BCUT2D eigenvalue weighted by atomic mass is 10.2. The molecule has 0 spiro atoms. The van der Waals surface area contributed by atoms with Crippen LogP contribution in [0.15, 0.2) is 23.1 Å². The summed E-state index contributed by atoms with van der Waals surface area (Å²) in [5.74, 6) is 0. The van der Waals surface area contributed by atoms with Gasteiger partial charge in [0.05, 0.1) is 11.8 Å². The molecule has 0 unspecified atom stereocenters. The van der Waals surface area contributed by atoms with Crippen LogP contribution in [0.2, 0.25) is 0 Å². The molecule has 0 aliphatic rings. The van der Waals surface area contributed by atoms with Gasteiger partial charge in [0, 0.05) is 6.20 Å². The van der Waals surface area contributed by atoms with E-state index < -0.39 is 0 Å². The summed E-state index contributed by atoms with van der Waals surface area (Å²) in [6, 6.07) is 4.05. The predicted molar refractivity (Wildman–Crippen MR) is 52.3 cm³/mol. The number of aryl methyl sites for hydroxylation is 1. The zero-order valence-corrected chi connectivity index (χ0v) is 8.54. The van der Waals surface area contributed by atoms with Crippen molar-refractivity contribution in [1.29, 1.82) is 5.26 Å². The van der Waals surface area contributed by atoms with Crippen LogP contribution in [0.25, 0.3) is 5.65 Å². The Labute approximate surface area is 83.8 Å². The van der Waals surface area contributed by atoms with Crippen molar-refractivity contribution in [2.45, 2.75) is 6.92 Å². The minimum absolute atomic E-state index is 0.633. The molecule has 0 aliphatic heterocycles. The van der Waals surface area contributed by atoms with Gasteiger partial charge < -0.3 is 0 Å². The predicted octanol–water partition coefficient (Wildman–Crippen LogP) is 2.28. The summed E-state index contributed by atoms with van der Waals surface area (Å²) >= 11 is 3.35. The number of imidazole rings is 1. The highest BCUT2D eigenvalue weighted by molar-refractivity contribution is 9.10. The highest BCUT2D eigenvalue weighted by Gasteiger charge is 2.07. The van der Waals surface area contributed by atoms with E-state index in [2.05, 4.69) is 27.0 Å². The third kappa shape index (κ3) is 1.12. The smallest absolute Gasteiger partial charge is 0.155 e. The molecular formula is C9H6BrN3. The van der Waals surface area contributed by atoms with Crippen LogP contribution in [0.5, 0.6) is 0 Å². The maximum absolute atomic E-state index is 8.91. The number of hydrogen-bond acceptors (Lipinski definition) is 2. The molecule has 0 aliphatic carbocycles. The van der Waals surface area contributed by atoms with Crippen LogP contribution in [-0.2, 0) is 0 Å². The summed E-state index contributed by atoms with van der Waals surface area (Å²) in [6.07, 6.45) is 3.58. The van der Waals surface area contributed by atoms with Gasteiger partial charge in [0.25, 0.3) is 0 Å². The largest absolute Gasteiger partial charge is 0.293 e. The van der Waals surface area contributed by atoms with Crippen LogP contribution in [0, 0.1) is 18.3 Å². The standard InChI is InChI=1S/C9H6BrN3/c1-6-2-3-13-8(10)5-12-9(13)7(6)4-11/h2-3,5H,1H3. The fraction of sp³-hybridized carbons (Fsp3) is 0.111. The van der Waals surface area contributed by atoms with Gasteiger partial charge in [-0.25, -0.2) is 4.98 Å². The van der Waals surface area contributed by atoms with Crippen LogP contribution in [0.3, 0.4) is 0 Å². The lowest BCUT2D eigenvalue weighted by molar-refractivity contribution is 1.13. The molecule has 0 aromatic carbocycles. The molecule has 0 bridgehead atoms. The minimum atomic E-state index is 0.633. The quantitative estimate of drug-likeness (QED) is 0.704. The number of rotatable bonds is 0. The number of nitrogens with zero attached hydrogens (tertiary/aromatic N) is 3. The van der Waals surface area contributed by atoms with Crippen LogP contribution < -0.4 is 0 Å². The van der Waals surface area contributed by atoms with Gasteiger partial charge in [-0.2, -0.15) is 5.26 Å². The first-order valence-electron chi connectivity index (χ1n) is 3.76. The Morgan fingerprint density at radius 3 is 3.08 bits per heavy atom. The van der Waals surface area contributed by atoms with Gasteiger partial charge in [0.15, 0.2) is 5.65 Å². The molecule has 0 atom stereocenters. The van der Waals surface area contributed by atoms with Gasteiger partial charge in [-0.15, -0.1) is 0 Å². The van der Waals surface area contributed by atoms with Gasteiger partial charge in [-0.1, -0.05) is 0 Å². The van der Waals surface area contributed by atoms with E-state index in [9.17, 15) is 0 Å². The van der Waals surface area contributed by atoms with E-state index in [-0.39, 0.29) is 0 Å². The van der Waals surface area contributed by atoms with E-state index in [1.54, 1.807) is 6.20 Å². The first-order chi connectivity index (χ1) is 6.24. The van der Waals surface area contributed by atoms with Crippen molar-refractivity contribution in [2.75, 3.05) is 0 Å². The van der Waals surface area contributed by atoms with Gasteiger partial charge in [0.1, 0.15) is 10.7 Å². The van der Waals surface area contributed by atoms with Gasteiger partial charge >= 0.3 is 0 Å². The number of hydrogen-bond donors (Lipinski definition) is 0. The van der Waals surface area contributed by atoms with E-state index in [0.717, 1.165) is 10.2 Å². The van der Waals surface area contributed by atoms with Crippen LogP contribution in [-0.4, -0.2) is 9.38 Å². The Bertz CT molecular complexity index is 507. The summed E-state index contributed by atoms with van der Waals surface area (Å²) in [5.41, 5.74) is 2.29. The van der Waals surface area contributed by atoms with E-state index >= 15 is 0 Å². The van der Waals surface area contributed by atoms with Crippen LogP contribution in [0.1, 0.15) is 11.1 Å². The first-order valence-corrected chi connectivity index (χ1v) is 4.55. The fourth-order valence-electron chi connectivity index (χ4n) is 1.25. The zero-order chi connectivity index (χ0) is 9.42. The molecule has 4 heteroatoms. The van der Waals surface area contributed by atoms with Crippen molar-refractivity contribution in [3.05, 3.63) is 34.2 Å². The molecule has 2 aromatic rings. The highest BCUT2D eigenvalue weighted by atomic mass is 79.9. The Hall–Kier alpha value is -1.34. The number of pyridine rings is 1. The highest BCUT2D eigenvalue weighted by Crippen LogP contribution is 2.18. The minimum Gasteiger partial charge on any atom is -0.293 e. The molecule has 0 fully saturated rings. The van der Waals surface area contributed by atoms with Crippen molar-refractivity contribution >= 4 is 21.6 Å². The molecule has 64 valence electrons. The normalized spacial score (nSPS) is 10.2. The topological polar surface area (TPSA) is 41.1 Å². The fourth-order valence-corrected chi connectivity index (χ4v) is 1.64. The molecule has 0 saturated carbocycles. The monoisotopic (exact) mass is 235 g/mol. The number of aromatic nitrogens is 2. The van der Waals surface area contributed by atoms with Gasteiger partial charge in [-0.05, 0) is 34.5 Å². The van der Waals surface area contributed by atoms with Crippen LogP contribution in [0.4, 0.5) is 0 Å². The Morgan fingerprint density at radius 2 is 2.38 bits per heavy atom. The lowest BCUT2D eigenvalue weighted by Gasteiger charge is -1.99. The average Bonchev–Trinajstić information content (AvgIpc) is 2.48. The molecule has 13 heavy (non-hydrogen) atoms. The third-order valence-electron chi connectivity index (χ3n) is 1.96. The van der Waals surface area contributed by atoms with Crippen molar-refractivity contribution < 1.29 is 0 Å². The second-order valence-electron chi connectivity index (χ2n) is 2.76. The molecule has 3 nitrogen and oxygen atoms in total. The maximum atomic E-state index is 8.91. The molecule has 2 rings (SSSR count). The van der Waals surface area contributed by atoms with Crippen molar-refractivity contribution in [3.63, 3.8) is 0 Å². The summed E-state index contributed by atoms with van der Waals surface area (Å²) in [5, 5.41) is 8.91. The van der Waals surface area contributed by atoms with E-state index in [0.29, 0.717) is 11.2 Å². The Balaban J connectivity index is 2.95. The first kappa shape index (κ1) is 8.27. The Morgan fingerprint density at radius 1 is 1.62 bits per heavy atom. The summed E-state index contributed by atoms with van der Waals surface area (Å²) in [6.45, 7) is 1.90. The van der Waals surface area contributed by atoms with E-state index in [1.807, 2.05) is 23.6 Å². The third-order valence-corrected chi connectivity index (χ3v) is 2.54. The summed E-state index contributed by atoms with van der Waals surface area (Å²) in [7, 11) is 0. The molecule has 2 heterocycles. The number of nitriles is 1. The lowest BCUT2D eigenvalue weighted by Crippen LogP contribution is -1.91. The van der Waals surface area contributed by atoms with Crippen LogP contribution >= 0.6 is 15.9 Å². The number of halogens is 1. The Kier molecular flexibility index (Phi) is 1.82. The van der Waals surface area contributed by atoms with E-state index in [4.69, 9.17) is 5.26 Å². The molecule has 0 radical (unpaired) electrons. The number of fused-ring (bicyclic) bond motifs is 1. The average molecular weight is 236 g/mol.